The van der Waals surface area contributed by atoms with E-state index in [1.54, 1.807) is 7.11 Å². The maximum Gasteiger partial charge on any atom is 0.118 e. The van der Waals surface area contributed by atoms with E-state index < -0.39 is 6.10 Å². The Morgan fingerprint density at radius 1 is 1.24 bits per heavy atom. The normalized spacial score (nSPS) is 12.8. The number of nitrogens with zero attached hydrogens (tertiary/aromatic N) is 1. The fraction of sp³-hybridized carbons (Fsp3) is 0.571. The van der Waals surface area contributed by atoms with Gasteiger partial charge in [-0.15, -0.1) is 0 Å². The predicted octanol–water partition coefficient (Wildman–Crippen LogP) is 2.46. The Hall–Kier alpha value is -1.06. The summed E-state index contributed by atoms with van der Waals surface area (Å²) < 4.78 is 5.10. The second kappa shape index (κ2) is 7.30. The molecule has 0 saturated heterocycles. The molecule has 0 radical (unpaired) electrons. The van der Waals surface area contributed by atoms with E-state index >= 15 is 0 Å². The summed E-state index contributed by atoms with van der Waals surface area (Å²) in [6.07, 6.45) is 0.691. The van der Waals surface area contributed by atoms with Crippen molar-refractivity contribution in [2.24, 2.45) is 0 Å². The van der Waals surface area contributed by atoms with Gasteiger partial charge in [-0.05, 0) is 37.2 Å². The zero-order valence-corrected chi connectivity index (χ0v) is 11.0. The Bertz CT molecular complexity index is 311. The summed E-state index contributed by atoms with van der Waals surface area (Å²) in [6.45, 7) is 6.97. The summed E-state index contributed by atoms with van der Waals surface area (Å²) in [7, 11) is 1.64. The number of methoxy groups -OCH3 is 1. The van der Waals surface area contributed by atoms with Gasteiger partial charge in [-0.25, -0.2) is 0 Å². The van der Waals surface area contributed by atoms with Crippen LogP contribution in [0.5, 0.6) is 5.75 Å². The summed E-state index contributed by atoms with van der Waals surface area (Å²) in [5, 5.41) is 10.1. The molecule has 1 aromatic carbocycles. The topological polar surface area (TPSA) is 32.7 Å². The van der Waals surface area contributed by atoms with Crippen LogP contribution in [0.2, 0.25) is 0 Å². The first-order chi connectivity index (χ1) is 8.21. The molecule has 96 valence electrons. The quantitative estimate of drug-likeness (QED) is 0.790. The van der Waals surface area contributed by atoms with Gasteiger partial charge in [-0.1, -0.05) is 26.0 Å². The van der Waals surface area contributed by atoms with Gasteiger partial charge in [0, 0.05) is 6.54 Å². The molecule has 1 N–H and O–H groups in total. The third kappa shape index (κ3) is 4.36. The number of hydrogen-bond donors (Lipinski definition) is 1. The summed E-state index contributed by atoms with van der Waals surface area (Å²) in [5.41, 5.74) is 0.945. The third-order valence-corrected chi connectivity index (χ3v) is 2.92. The molecule has 3 heteroatoms. The van der Waals surface area contributed by atoms with Crippen molar-refractivity contribution in [1.82, 2.24) is 4.90 Å². The molecular weight excluding hydrogens is 214 g/mol. The van der Waals surface area contributed by atoms with E-state index in [0.29, 0.717) is 6.54 Å². The van der Waals surface area contributed by atoms with Crippen LogP contribution < -0.4 is 4.74 Å². The number of aliphatic hydroxyl groups is 1. The Labute approximate surface area is 104 Å². The van der Waals surface area contributed by atoms with Gasteiger partial charge in [0.25, 0.3) is 0 Å². The van der Waals surface area contributed by atoms with Crippen molar-refractivity contribution in [2.75, 3.05) is 26.7 Å². The van der Waals surface area contributed by atoms with E-state index in [1.807, 2.05) is 24.3 Å². The third-order valence-electron chi connectivity index (χ3n) is 2.92. The molecular formula is C14H23NO2. The Kier molecular flexibility index (Phi) is 6.01. The van der Waals surface area contributed by atoms with Crippen LogP contribution in [0.25, 0.3) is 0 Å². The van der Waals surface area contributed by atoms with Crippen LogP contribution in [0.15, 0.2) is 24.3 Å². The number of likely N-dealkylation sites (N-methyl/N-ethyl adjacent to an activating group) is 1. The highest BCUT2D eigenvalue weighted by molar-refractivity contribution is 5.28. The second-order valence-corrected chi connectivity index (χ2v) is 4.18. The molecule has 0 saturated carbocycles. The Morgan fingerprint density at radius 3 is 2.35 bits per heavy atom. The van der Waals surface area contributed by atoms with Gasteiger partial charge >= 0.3 is 0 Å². The molecule has 0 bridgehead atoms. The molecule has 0 aromatic heterocycles. The van der Waals surface area contributed by atoms with E-state index in [4.69, 9.17) is 4.74 Å². The van der Waals surface area contributed by atoms with Crippen LogP contribution in [-0.2, 0) is 0 Å². The molecule has 0 fully saturated rings. The molecule has 1 rings (SSSR count). The van der Waals surface area contributed by atoms with E-state index in [-0.39, 0.29) is 0 Å². The molecule has 0 aliphatic carbocycles. The Balaban J connectivity index is 2.58. The first-order valence-corrected chi connectivity index (χ1v) is 6.25. The summed E-state index contributed by atoms with van der Waals surface area (Å²) in [6, 6.07) is 7.61. The van der Waals surface area contributed by atoms with Crippen molar-refractivity contribution in [3.63, 3.8) is 0 Å². The molecule has 17 heavy (non-hydrogen) atoms. The largest absolute Gasteiger partial charge is 0.497 e. The SMILES string of the molecule is CCCN(CC)CC(O)c1ccc(OC)cc1. The highest BCUT2D eigenvalue weighted by Crippen LogP contribution is 2.18. The number of rotatable bonds is 7. The van der Waals surface area contributed by atoms with E-state index in [9.17, 15) is 5.11 Å². The zero-order chi connectivity index (χ0) is 12.7. The monoisotopic (exact) mass is 237 g/mol. The second-order valence-electron chi connectivity index (χ2n) is 4.18. The summed E-state index contributed by atoms with van der Waals surface area (Å²) in [4.78, 5) is 2.26. The van der Waals surface area contributed by atoms with Crippen molar-refractivity contribution >= 4 is 0 Å². The average molecular weight is 237 g/mol. The molecule has 0 amide bonds. The number of ether oxygens (including phenoxy) is 1. The molecule has 0 heterocycles. The molecule has 3 nitrogen and oxygen atoms in total. The number of hydrogen-bond acceptors (Lipinski definition) is 3. The van der Waals surface area contributed by atoms with Gasteiger partial charge in [0.05, 0.1) is 13.2 Å². The van der Waals surface area contributed by atoms with Gasteiger partial charge in [0.2, 0.25) is 0 Å². The molecule has 0 spiro atoms. The van der Waals surface area contributed by atoms with Crippen LogP contribution >= 0.6 is 0 Å². The molecule has 0 aliphatic rings. The average Bonchev–Trinajstić information content (AvgIpc) is 2.38. The van der Waals surface area contributed by atoms with Crippen LogP contribution in [-0.4, -0.2) is 36.8 Å². The lowest BCUT2D eigenvalue weighted by Crippen LogP contribution is -2.29. The molecule has 1 unspecified atom stereocenters. The van der Waals surface area contributed by atoms with E-state index in [1.165, 1.54) is 0 Å². The van der Waals surface area contributed by atoms with Crippen LogP contribution in [0.4, 0.5) is 0 Å². The molecule has 1 aromatic rings. The summed E-state index contributed by atoms with van der Waals surface area (Å²) in [5.74, 6) is 0.821. The van der Waals surface area contributed by atoms with Crippen LogP contribution in [0.3, 0.4) is 0 Å². The lowest BCUT2D eigenvalue weighted by atomic mass is 10.1. The first kappa shape index (κ1) is 14.0. The number of aliphatic hydroxyl groups excluding tert-OH is 1. The zero-order valence-electron chi connectivity index (χ0n) is 11.0. The molecule has 1 atom stereocenters. The van der Waals surface area contributed by atoms with Gasteiger partial charge < -0.3 is 14.7 Å². The van der Waals surface area contributed by atoms with Gasteiger partial charge in [-0.2, -0.15) is 0 Å². The van der Waals surface area contributed by atoms with Crippen molar-refractivity contribution in [3.8, 4) is 5.75 Å². The minimum atomic E-state index is -0.424. The van der Waals surface area contributed by atoms with Crippen molar-refractivity contribution in [3.05, 3.63) is 29.8 Å². The fourth-order valence-corrected chi connectivity index (χ4v) is 1.87. The summed E-state index contributed by atoms with van der Waals surface area (Å²) >= 11 is 0. The lowest BCUT2D eigenvalue weighted by Gasteiger charge is -2.23. The van der Waals surface area contributed by atoms with Crippen molar-refractivity contribution < 1.29 is 9.84 Å². The minimum Gasteiger partial charge on any atom is -0.497 e. The minimum absolute atomic E-state index is 0.424. The standard InChI is InChI=1S/C14H23NO2/c1-4-10-15(5-2)11-14(16)12-6-8-13(17-3)9-7-12/h6-9,14,16H,4-5,10-11H2,1-3H3. The smallest absolute Gasteiger partial charge is 0.118 e. The van der Waals surface area contributed by atoms with E-state index in [0.717, 1.165) is 30.8 Å². The Morgan fingerprint density at radius 2 is 1.88 bits per heavy atom. The van der Waals surface area contributed by atoms with E-state index in [2.05, 4.69) is 18.7 Å². The fourth-order valence-electron chi connectivity index (χ4n) is 1.87. The first-order valence-electron chi connectivity index (χ1n) is 6.25. The lowest BCUT2D eigenvalue weighted by molar-refractivity contribution is 0.116. The highest BCUT2D eigenvalue weighted by Gasteiger charge is 2.11. The van der Waals surface area contributed by atoms with Gasteiger partial charge in [0.15, 0.2) is 0 Å². The maximum atomic E-state index is 10.1. The maximum absolute atomic E-state index is 10.1. The van der Waals surface area contributed by atoms with Gasteiger partial charge in [0.1, 0.15) is 5.75 Å². The van der Waals surface area contributed by atoms with Crippen molar-refractivity contribution in [1.29, 1.82) is 0 Å². The van der Waals surface area contributed by atoms with Gasteiger partial charge in [-0.3, -0.25) is 0 Å². The van der Waals surface area contributed by atoms with Crippen LogP contribution in [0, 0.1) is 0 Å². The predicted molar refractivity (Wildman–Crippen MR) is 70.4 cm³/mol. The molecule has 0 aliphatic heterocycles. The highest BCUT2D eigenvalue weighted by atomic mass is 16.5. The van der Waals surface area contributed by atoms with Crippen molar-refractivity contribution in [2.45, 2.75) is 26.4 Å². The number of benzene rings is 1. The van der Waals surface area contributed by atoms with Crippen LogP contribution in [0.1, 0.15) is 31.9 Å².